The molecule has 3 rings (SSSR count). The van der Waals surface area contributed by atoms with E-state index in [1.807, 2.05) is 0 Å². The van der Waals surface area contributed by atoms with Crippen LogP contribution in [0.25, 0.3) is 11.2 Å². The first kappa shape index (κ1) is 16.6. The van der Waals surface area contributed by atoms with Crippen LogP contribution >= 0.6 is 0 Å². The van der Waals surface area contributed by atoms with Gasteiger partial charge in [0.15, 0.2) is 17.8 Å². The Morgan fingerprint density at radius 3 is 3.04 bits per heavy atom. The lowest BCUT2D eigenvalue weighted by atomic mass is 9.97. The van der Waals surface area contributed by atoms with Gasteiger partial charge in [0, 0.05) is 27.3 Å². The smallest absolute Gasteiger partial charge is 0.225 e. The second-order valence-electron chi connectivity index (χ2n) is 5.73. The molecule has 0 unspecified atom stereocenters. The molecule has 1 saturated heterocycles. The highest BCUT2D eigenvalue weighted by molar-refractivity contribution is 5.84. The van der Waals surface area contributed by atoms with Crippen LogP contribution in [0.4, 0.5) is 5.82 Å². The maximum Gasteiger partial charge on any atom is 0.225 e. The fourth-order valence-electron chi connectivity index (χ4n) is 2.97. The van der Waals surface area contributed by atoms with E-state index in [9.17, 15) is 4.79 Å². The number of aromatic amines is 1. The molecule has 0 saturated carbocycles. The van der Waals surface area contributed by atoms with Gasteiger partial charge in [0.25, 0.3) is 0 Å². The van der Waals surface area contributed by atoms with E-state index in [0.717, 1.165) is 30.7 Å². The van der Waals surface area contributed by atoms with E-state index in [1.165, 1.54) is 6.33 Å². The summed E-state index contributed by atoms with van der Waals surface area (Å²) in [6.07, 6.45) is 4.45. The zero-order chi connectivity index (χ0) is 16.9. The summed E-state index contributed by atoms with van der Waals surface area (Å²) in [5, 5.41) is 2.89. The van der Waals surface area contributed by atoms with Crippen LogP contribution in [0.1, 0.15) is 12.8 Å². The van der Waals surface area contributed by atoms with Crippen LogP contribution in [0.3, 0.4) is 0 Å². The van der Waals surface area contributed by atoms with Gasteiger partial charge >= 0.3 is 0 Å². The molecule has 1 aliphatic rings. The molecule has 3 heterocycles. The average Bonchev–Trinajstić information content (AvgIpc) is 3.11. The number of aromatic nitrogens is 4. The quantitative estimate of drug-likeness (QED) is 0.732. The summed E-state index contributed by atoms with van der Waals surface area (Å²) >= 11 is 0. The van der Waals surface area contributed by atoms with Crippen molar-refractivity contribution < 1.29 is 14.3 Å². The number of anilines is 1. The number of ether oxygens (including phenoxy) is 2. The highest BCUT2D eigenvalue weighted by Crippen LogP contribution is 2.25. The molecule has 1 atom stereocenters. The molecule has 0 radical (unpaired) electrons. The Balaban J connectivity index is 1.66. The molecule has 9 nitrogen and oxygen atoms in total. The molecule has 1 amide bonds. The summed E-state index contributed by atoms with van der Waals surface area (Å²) in [7, 11) is 3.10. The van der Waals surface area contributed by atoms with Crippen molar-refractivity contribution in [3.8, 4) is 0 Å². The van der Waals surface area contributed by atoms with E-state index < -0.39 is 6.29 Å². The number of methoxy groups -OCH3 is 2. The number of carbonyl (C=O) groups excluding carboxylic acids is 1. The molecule has 0 aliphatic carbocycles. The van der Waals surface area contributed by atoms with E-state index in [2.05, 4.69) is 30.2 Å². The number of nitrogens with one attached hydrogen (secondary N) is 2. The van der Waals surface area contributed by atoms with E-state index in [4.69, 9.17) is 9.47 Å². The van der Waals surface area contributed by atoms with Crippen molar-refractivity contribution in [2.75, 3.05) is 38.8 Å². The number of nitrogens with zero attached hydrogens (tertiary/aromatic N) is 4. The molecular formula is C15H22N6O3. The van der Waals surface area contributed by atoms with Crippen LogP contribution < -0.4 is 10.2 Å². The summed E-state index contributed by atoms with van der Waals surface area (Å²) in [6.45, 7) is 1.80. The van der Waals surface area contributed by atoms with Crippen molar-refractivity contribution in [2.24, 2.45) is 5.92 Å². The van der Waals surface area contributed by atoms with Crippen molar-refractivity contribution >= 4 is 22.9 Å². The number of amides is 1. The van der Waals surface area contributed by atoms with Gasteiger partial charge in [-0.25, -0.2) is 15.0 Å². The summed E-state index contributed by atoms with van der Waals surface area (Å²) in [5.41, 5.74) is 1.44. The van der Waals surface area contributed by atoms with Gasteiger partial charge in [-0.15, -0.1) is 0 Å². The first-order valence-electron chi connectivity index (χ1n) is 7.95. The van der Waals surface area contributed by atoms with Crippen LogP contribution in [0.5, 0.6) is 0 Å². The van der Waals surface area contributed by atoms with Gasteiger partial charge in [-0.2, -0.15) is 0 Å². The standard InChI is InChI=1S/C15H22N6O3/c1-23-11(24-2)6-16-15(22)10-4-3-5-21(7-10)14-12-13(18-8-17-12)19-9-20-14/h8-11H,3-7H2,1-2H3,(H,16,22)(H,17,18,19,20)/t10-/m0/s1. The van der Waals surface area contributed by atoms with E-state index in [1.54, 1.807) is 20.5 Å². The van der Waals surface area contributed by atoms with Crippen LogP contribution in [0.2, 0.25) is 0 Å². The Kier molecular flexibility index (Phi) is 5.21. The molecule has 0 aromatic carbocycles. The van der Waals surface area contributed by atoms with Gasteiger partial charge in [0.05, 0.1) is 18.8 Å². The zero-order valence-corrected chi connectivity index (χ0v) is 13.9. The number of imidazole rings is 1. The Morgan fingerprint density at radius 1 is 1.42 bits per heavy atom. The maximum atomic E-state index is 12.4. The molecular weight excluding hydrogens is 312 g/mol. The minimum atomic E-state index is -0.430. The van der Waals surface area contributed by atoms with Crippen molar-refractivity contribution in [1.29, 1.82) is 0 Å². The molecule has 2 N–H and O–H groups in total. The Labute approximate surface area is 139 Å². The van der Waals surface area contributed by atoms with Crippen molar-refractivity contribution in [2.45, 2.75) is 19.1 Å². The van der Waals surface area contributed by atoms with Gasteiger partial charge in [-0.1, -0.05) is 0 Å². The van der Waals surface area contributed by atoms with Gasteiger partial charge < -0.3 is 24.7 Å². The zero-order valence-electron chi connectivity index (χ0n) is 13.9. The van der Waals surface area contributed by atoms with Crippen LogP contribution in [-0.4, -0.2) is 66.0 Å². The first-order valence-corrected chi connectivity index (χ1v) is 7.95. The monoisotopic (exact) mass is 334 g/mol. The minimum Gasteiger partial charge on any atom is -0.354 e. The van der Waals surface area contributed by atoms with Crippen molar-refractivity contribution in [1.82, 2.24) is 25.3 Å². The number of carbonyl (C=O) groups is 1. The molecule has 2 aromatic rings. The summed E-state index contributed by atoms with van der Waals surface area (Å²) < 4.78 is 10.2. The highest BCUT2D eigenvalue weighted by Gasteiger charge is 2.28. The molecule has 1 fully saturated rings. The number of hydrogen-bond donors (Lipinski definition) is 2. The lowest BCUT2D eigenvalue weighted by molar-refractivity contribution is -0.131. The third-order valence-corrected chi connectivity index (χ3v) is 4.26. The highest BCUT2D eigenvalue weighted by atomic mass is 16.7. The van der Waals surface area contributed by atoms with Crippen molar-refractivity contribution in [3.63, 3.8) is 0 Å². The average molecular weight is 334 g/mol. The van der Waals surface area contributed by atoms with E-state index in [0.29, 0.717) is 18.7 Å². The van der Waals surface area contributed by atoms with E-state index in [-0.39, 0.29) is 11.8 Å². The number of hydrogen-bond acceptors (Lipinski definition) is 7. The number of piperidine rings is 1. The molecule has 130 valence electrons. The third-order valence-electron chi connectivity index (χ3n) is 4.26. The Hall–Kier alpha value is -2.26. The minimum absolute atomic E-state index is 0.00807. The molecule has 9 heteroatoms. The van der Waals surface area contributed by atoms with Crippen LogP contribution in [0, 0.1) is 5.92 Å². The Bertz CT molecular complexity index is 687. The first-order chi connectivity index (χ1) is 11.7. The lowest BCUT2D eigenvalue weighted by Gasteiger charge is -2.33. The fourth-order valence-corrected chi connectivity index (χ4v) is 2.97. The number of fused-ring (bicyclic) bond motifs is 1. The predicted octanol–water partition coefficient (Wildman–Crippen LogP) is 0.304. The number of rotatable bonds is 6. The maximum absolute atomic E-state index is 12.4. The summed E-state index contributed by atoms with van der Waals surface area (Å²) in [5.74, 6) is 0.705. The second kappa shape index (κ2) is 7.54. The van der Waals surface area contributed by atoms with E-state index >= 15 is 0 Å². The topological polar surface area (TPSA) is 105 Å². The van der Waals surface area contributed by atoms with Gasteiger partial charge in [-0.3, -0.25) is 4.79 Å². The molecule has 0 spiro atoms. The van der Waals surface area contributed by atoms with Gasteiger partial charge in [0.2, 0.25) is 5.91 Å². The van der Waals surface area contributed by atoms with Gasteiger partial charge in [0.1, 0.15) is 11.8 Å². The number of H-pyrrole nitrogens is 1. The fraction of sp³-hybridized carbons (Fsp3) is 0.600. The summed E-state index contributed by atoms with van der Waals surface area (Å²) in [6, 6.07) is 0. The molecule has 24 heavy (non-hydrogen) atoms. The van der Waals surface area contributed by atoms with Crippen LogP contribution in [-0.2, 0) is 14.3 Å². The second-order valence-corrected chi connectivity index (χ2v) is 5.73. The Morgan fingerprint density at radius 2 is 2.25 bits per heavy atom. The summed E-state index contributed by atoms with van der Waals surface area (Å²) in [4.78, 5) is 30.3. The molecule has 0 bridgehead atoms. The largest absolute Gasteiger partial charge is 0.354 e. The SMILES string of the molecule is COC(CNC(=O)[C@H]1CCCN(c2ncnc3nc[nH]c23)C1)OC. The lowest BCUT2D eigenvalue weighted by Crippen LogP contribution is -2.45. The van der Waals surface area contributed by atoms with Crippen LogP contribution in [0.15, 0.2) is 12.7 Å². The molecule has 2 aromatic heterocycles. The normalized spacial score (nSPS) is 18.3. The molecule has 1 aliphatic heterocycles. The van der Waals surface area contributed by atoms with Gasteiger partial charge in [-0.05, 0) is 12.8 Å². The third kappa shape index (κ3) is 3.46. The predicted molar refractivity (Wildman–Crippen MR) is 87.4 cm³/mol. The van der Waals surface area contributed by atoms with Crippen molar-refractivity contribution in [3.05, 3.63) is 12.7 Å².